The maximum absolute atomic E-state index is 6.27. The molecule has 0 unspecified atom stereocenters. The Morgan fingerprint density at radius 1 is 1.04 bits per heavy atom. The number of morpholine rings is 1. The fourth-order valence-corrected chi connectivity index (χ4v) is 3.37. The van der Waals surface area contributed by atoms with Crippen molar-refractivity contribution in [3.63, 3.8) is 0 Å². The van der Waals surface area contributed by atoms with Gasteiger partial charge in [-0.15, -0.1) is 0 Å². The Labute approximate surface area is 172 Å². The minimum absolute atomic E-state index is 0.407. The van der Waals surface area contributed by atoms with Crippen molar-refractivity contribution in [1.82, 2.24) is 10.2 Å². The van der Waals surface area contributed by atoms with Gasteiger partial charge < -0.3 is 19.5 Å². The van der Waals surface area contributed by atoms with E-state index in [0.717, 1.165) is 68.6 Å². The average molecular weight is 405 g/mol. The fourth-order valence-electron chi connectivity index (χ4n) is 3.18. The maximum atomic E-state index is 6.27. The molecule has 0 amide bonds. The lowest BCUT2D eigenvalue weighted by atomic mass is 10.1. The van der Waals surface area contributed by atoms with Crippen molar-refractivity contribution in [2.24, 2.45) is 0 Å². The van der Waals surface area contributed by atoms with Crippen LogP contribution in [0.2, 0.25) is 5.02 Å². The lowest BCUT2D eigenvalue weighted by Crippen LogP contribution is -2.40. The number of hydrogen-bond donors (Lipinski definition) is 1. The third-order valence-corrected chi connectivity index (χ3v) is 5.08. The smallest absolute Gasteiger partial charge is 0.166 e. The highest BCUT2D eigenvalue weighted by atomic mass is 35.5. The molecule has 0 radical (unpaired) electrons. The van der Waals surface area contributed by atoms with Gasteiger partial charge in [-0.25, -0.2) is 0 Å². The summed E-state index contributed by atoms with van der Waals surface area (Å²) >= 11 is 6.27. The largest absolute Gasteiger partial charge is 0.490 e. The predicted octanol–water partition coefficient (Wildman–Crippen LogP) is 3.74. The van der Waals surface area contributed by atoms with Crippen LogP contribution in [0.15, 0.2) is 42.5 Å². The Hall–Kier alpha value is -1.79. The molecule has 0 aliphatic carbocycles. The number of hydrogen-bond acceptors (Lipinski definition) is 5. The first kappa shape index (κ1) is 20.9. The summed E-state index contributed by atoms with van der Waals surface area (Å²) < 4.78 is 17.3. The molecule has 1 N–H and O–H groups in total. The number of para-hydroxylation sites is 1. The summed E-state index contributed by atoms with van der Waals surface area (Å²) in [6, 6.07) is 13.8. The second-order valence-electron chi connectivity index (χ2n) is 6.69. The van der Waals surface area contributed by atoms with Gasteiger partial charge in [0.1, 0.15) is 6.61 Å². The molecule has 6 heteroatoms. The molecule has 3 rings (SSSR count). The molecule has 1 heterocycles. The molecule has 1 aliphatic rings. The molecule has 0 spiro atoms. The predicted molar refractivity (Wildman–Crippen MR) is 112 cm³/mol. The second-order valence-corrected chi connectivity index (χ2v) is 7.10. The van der Waals surface area contributed by atoms with Crippen LogP contribution in [0.4, 0.5) is 0 Å². The molecular weight excluding hydrogens is 376 g/mol. The van der Waals surface area contributed by atoms with E-state index in [1.54, 1.807) is 0 Å². The van der Waals surface area contributed by atoms with Crippen LogP contribution in [0.25, 0.3) is 0 Å². The van der Waals surface area contributed by atoms with E-state index in [1.165, 1.54) is 0 Å². The van der Waals surface area contributed by atoms with E-state index < -0.39 is 0 Å². The summed E-state index contributed by atoms with van der Waals surface area (Å²) in [6.07, 6.45) is 0. The lowest BCUT2D eigenvalue weighted by molar-refractivity contribution is 0.0384. The van der Waals surface area contributed by atoms with Crippen molar-refractivity contribution in [3.05, 3.63) is 58.6 Å². The molecule has 0 bridgehead atoms. The Morgan fingerprint density at radius 3 is 2.61 bits per heavy atom. The first-order valence-electron chi connectivity index (χ1n) is 9.89. The molecule has 28 heavy (non-hydrogen) atoms. The SMILES string of the molecule is CCOc1cccc(CNCCN2CCOCC2)c1OCc1ccccc1Cl. The first-order chi connectivity index (χ1) is 13.8. The van der Waals surface area contributed by atoms with Gasteiger partial charge in [0, 0.05) is 48.9 Å². The molecule has 0 saturated carbocycles. The van der Waals surface area contributed by atoms with Gasteiger partial charge in [-0.1, -0.05) is 41.9 Å². The van der Waals surface area contributed by atoms with E-state index in [4.69, 9.17) is 25.8 Å². The molecule has 0 atom stereocenters. The van der Waals surface area contributed by atoms with Crippen molar-refractivity contribution in [2.45, 2.75) is 20.1 Å². The average Bonchev–Trinajstić information content (AvgIpc) is 2.73. The zero-order valence-electron chi connectivity index (χ0n) is 16.5. The van der Waals surface area contributed by atoms with Crippen molar-refractivity contribution in [2.75, 3.05) is 46.0 Å². The number of halogens is 1. The number of nitrogens with zero attached hydrogens (tertiary/aromatic N) is 1. The van der Waals surface area contributed by atoms with E-state index in [2.05, 4.69) is 16.3 Å². The van der Waals surface area contributed by atoms with Crippen LogP contribution in [0, 0.1) is 0 Å². The Balaban J connectivity index is 1.60. The van der Waals surface area contributed by atoms with Gasteiger partial charge in [-0.3, -0.25) is 4.90 Å². The summed E-state index contributed by atoms with van der Waals surface area (Å²) in [5.74, 6) is 1.55. The van der Waals surface area contributed by atoms with E-state index in [1.807, 2.05) is 43.3 Å². The molecule has 2 aromatic carbocycles. The number of rotatable bonds is 10. The van der Waals surface area contributed by atoms with Gasteiger partial charge >= 0.3 is 0 Å². The summed E-state index contributed by atoms with van der Waals surface area (Å²) in [6.45, 7) is 9.32. The Bertz CT molecular complexity index is 735. The topological polar surface area (TPSA) is 43.0 Å². The first-order valence-corrected chi connectivity index (χ1v) is 10.3. The third kappa shape index (κ3) is 6.11. The molecule has 0 aromatic heterocycles. The van der Waals surface area contributed by atoms with Crippen molar-refractivity contribution in [1.29, 1.82) is 0 Å². The monoisotopic (exact) mass is 404 g/mol. The van der Waals surface area contributed by atoms with Crippen molar-refractivity contribution >= 4 is 11.6 Å². The van der Waals surface area contributed by atoms with Crippen LogP contribution in [0.5, 0.6) is 11.5 Å². The molecule has 5 nitrogen and oxygen atoms in total. The van der Waals surface area contributed by atoms with E-state index in [0.29, 0.717) is 18.2 Å². The van der Waals surface area contributed by atoms with Crippen molar-refractivity contribution < 1.29 is 14.2 Å². The number of ether oxygens (including phenoxy) is 3. The number of nitrogens with one attached hydrogen (secondary N) is 1. The van der Waals surface area contributed by atoms with Crippen LogP contribution in [0.3, 0.4) is 0 Å². The van der Waals surface area contributed by atoms with Crippen LogP contribution in [-0.4, -0.2) is 50.9 Å². The molecule has 1 aliphatic heterocycles. The minimum atomic E-state index is 0.407. The second kappa shape index (κ2) is 11.3. The Morgan fingerprint density at radius 2 is 1.82 bits per heavy atom. The highest BCUT2D eigenvalue weighted by molar-refractivity contribution is 6.31. The van der Waals surface area contributed by atoms with E-state index in [9.17, 15) is 0 Å². The summed E-state index contributed by atoms with van der Waals surface area (Å²) in [5.41, 5.74) is 2.04. The number of benzene rings is 2. The van der Waals surface area contributed by atoms with E-state index >= 15 is 0 Å². The normalized spacial score (nSPS) is 14.8. The van der Waals surface area contributed by atoms with Gasteiger partial charge in [0.05, 0.1) is 19.8 Å². The van der Waals surface area contributed by atoms with Gasteiger partial charge in [-0.2, -0.15) is 0 Å². The standard InChI is InChI=1S/C22H29ClN2O3/c1-2-27-21-9-5-7-18(16-24-10-11-25-12-14-26-15-13-25)22(21)28-17-19-6-3-4-8-20(19)23/h3-9,24H,2,10-17H2,1H3. The molecule has 1 saturated heterocycles. The zero-order chi connectivity index (χ0) is 19.6. The van der Waals surface area contributed by atoms with Crippen LogP contribution in [0.1, 0.15) is 18.1 Å². The molecule has 2 aromatic rings. The van der Waals surface area contributed by atoms with Gasteiger partial charge in [0.25, 0.3) is 0 Å². The summed E-state index contributed by atoms with van der Waals surface area (Å²) in [5, 5.41) is 4.23. The van der Waals surface area contributed by atoms with Crippen LogP contribution in [-0.2, 0) is 17.9 Å². The summed E-state index contributed by atoms with van der Waals surface area (Å²) in [4.78, 5) is 2.42. The highest BCUT2D eigenvalue weighted by Gasteiger charge is 2.13. The van der Waals surface area contributed by atoms with Gasteiger partial charge in [0.2, 0.25) is 0 Å². The Kier molecular flexibility index (Phi) is 8.42. The molecular formula is C22H29ClN2O3. The van der Waals surface area contributed by atoms with E-state index in [-0.39, 0.29) is 0 Å². The van der Waals surface area contributed by atoms with Crippen LogP contribution >= 0.6 is 11.6 Å². The van der Waals surface area contributed by atoms with Crippen molar-refractivity contribution in [3.8, 4) is 11.5 Å². The van der Waals surface area contributed by atoms with Gasteiger partial charge in [0.15, 0.2) is 11.5 Å². The fraction of sp³-hybridized carbons (Fsp3) is 0.455. The molecule has 152 valence electrons. The quantitative estimate of drug-likeness (QED) is 0.611. The highest BCUT2D eigenvalue weighted by Crippen LogP contribution is 2.32. The third-order valence-electron chi connectivity index (χ3n) is 4.71. The molecule has 1 fully saturated rings. The zero-order valence-corrected chi connectivity index (χ0v) is 17.2. The lowest BCUT2D eigenvalue weighted by Gasteiger charge is -2.26. The van der Waals surface area contributed by atoms with Gasteiger partial charge in [-0.05, 0) is 19.1 Å². The minimum Gasteiger partial charge on any atom is -0.490 e. The maximum Gasteiger partial charge on any atom is 0.166 e. The van der Waals surface area contributed by atoms with Crippen LogP contribution < -0.4 is 14.8 Å². The summed E-state index contributed by atoms with van der Waals surface area (Å²) in [7, 11) is 0.